The average molecular weight is 253 g/mol. The Balaban J connectivity index is 4.92. The van der Waals surface area contributed by atoms with Gasteiger partial charge in [0.05, 0.1) is 12.1 Å². The van der Waals surface area contributed by atoms with Crippen molar-refractivity contribution in [2.45, 2.75) is 31.7 Å². The summed E-state index contributed by atoms with van der Waals surface area (Å²) in [6, 6.07) is -2.07. The van der Waals surface area contributed by atoms with E-state index in [2.05, 4.69) is 0 Å². The fourth-order valence-corrected chi connectivity index (χ4v) is 1.70. The van der Waals surface area contributed by atoms with E-state index in [1.165, 1.54) is 13.8 Å². The average Bonchev–Trinajstić information content (AvgIpc) is 2.10. The van der Waals surface area contributed by atoms with Crippen LogP contribution in [0.25, 0.3) is 0 Å². The van der Waals surface area contributed by atoms with Crippen LogP contribution in [0.3, 0.4) is 0 Å². The molecule has 0 aliphatic carbocycles. The second-order valence-electron chi connectivity index (χ2n) is 3.48. The molecule has 0 spiro atoms. The van der Waals surface area contributed by atoms with Crippen molar-refractivity contribution in [1.29, 1.82) is 0 Å². The van der Waals surface area contributed by atoms with E-state index in [4.69, 9.17) is 21.3 Å². The van der Waals surface area contributed by atoms with Gasteiger partial charge in [-0.1, -0.05) is 0 Å². The zero-order valence-electron chi connectivity index (χ0n) is 8.95. The maximum Gasteiger partial charge on any atom is 0.355 e. The van der Waals surface area contributed by atoms with E-state index in [0.29, 0.717) is 0 Å². The van der Waals surface area contributed by atoms with E-state index in [1.807, 2.05) is 5.32 Å². The van der Waals surface area contributed by atoms with Gasteiger partial charge >= 0.3 is 7.60 Å². The SMILES string of the molecule is C[C@H](N)C(=O)NC(C(=O)[C@H](C)N)P(=O)(O)O. The van der Waals surface area contributed by atoms with E-state index in [-0.39, 0.29) is 0 Å². The molecule has 0 aromatic rings. The molecule has 16 heavy (non-hydrogen) atoms. The van der Waals surface area contributed by atoms with Crippen LogP contribution >= 0.6 is 7.60 Å². The number of rotatable bonds is 5. The monoisotopic (exact) mass is 253 g/mol. The molecule has 0 saturated carbocycles. The van der Waals surface area contributed by atoms with E-state index in [1.54, 1.807) is 0 Å². The highest BCUT2D eigenvalue weighted by atomic mass is 31.2. The molecule has 0 aliphatic heterocycles. The van der Waals surface area contributed by atoms with E-state index in [9.17, 15) is 14.2 Å². The summed E-state index contributed by atoms with van der Waals surface area (Å²) in [5, 5.41) is 1.88. The summed E-state index contributed by atoms with van der Waals surface area (Å²) in [4.78, 5) is 40.3. The summed E-state index contributed by atoms with van der Waals surface area (Å²) in [6.45, 7) is 2.59. The fourth-order valence-electron chi connectivity index (χ4n) is 0.836. The molecule has 0 radical (unpaired) electrons. The van der Waals surface area contributed by atoms with E-state index < -0.39 is 37.2 Å². The van der Waals surface area contributed by atoms with Crippen LogP contribution in [0.4, 0.5) is 0 Å². The first kappa shape index (κ1) is 15.2. The molecule has 1 amide bonds. The van der Waals surface area contributed by atoms with Gasteiger partial charge in [-0.15, -0.1) is 0 Å². The van der Waals surface area contributed by atoms with Crippen molar-refractivity contribution in [3.63, 3.8) is 0 Å². The van der Waals surface area contributed by atoms with Gasteiger partial charge in [0.1, 0.15) is 0 Å². The minimum atomic E-state index is -4.80. The molecule has 0 saturated heterocycles. The van der Waals surface area contributed by atoms with Crippen molar-refractivity contribution in [3.05, 3.63) is 0 Å². The zero-order valence-corrected chi connectivity index (χ0v) is 9.85. The molecule has 0 fully saturated rings. The highest BCUT2D eigenvalue weighted by molar-refractivity contribution is 7.53. The number of hydrogen-bond donors (Lipinski definition) is 5. The second-order valence-corrected chi connectivity index (χ2v) is 5.17. The predicted octanol–water partition coefficient (Wildman–Crippen LogP) is -2.13. The van der Waals surface area contributed by atoms with Gasteiger partial charge in [-0.2, -0.15) is 0 Å². The first-order valence-electron chi connectivity index (χ1n) is 4.48. The number of carbonyl (C=O) groups is 2. The summed E-state index contributed by atoms with van der Waals surface area (Å²) >= 11 is 0. The molecule has 0 aromatic carbocycles. The lowest BCUT2D eigenvalue weighted by Gasteiger charge is -2.21. The number of nitrogens with one attached hydrogen (secondary N) is 1. The van der Waals surface area contributed by atoms with Crippen molar-refractivity contribution in [2.24, 2.45) is 11.5 Å². The molecule has 3 atom stereocenters. The largest absolute Gasteiger partial charge is 0.355 e. The fraction of sp³-hybridized carbons (Fsp3) is 0.714. The lowest BCUT2D eigenvalue weighted by Crippen LogP contribution is -2.50. The van der Waals surface area contributed by atoms with E-state index >= 15 is 0 Å². The minimum absolute atomic E-state index is 0.831. The molecule has 9 heteroatoms. The van der Waals surface area contributed by atoms with Crippen molar-refractivity contribution in [1.82, 2.24) is 5.32 Å². The normalized spacial score (nSPS) is 17.4. The number of ketones is 1. The molecule has 1 unspecified atom stereocenters. The van der Waals surface area contributed by atoms with E-state index in [0.717, 1.165) is 0 Å². The molecular formula is C7H16N3O5P. The van der Waals surface area contributed by atoms with Crippen LogP contribution in [-0.4, -0.2) is 39.3 Å². The Morgan fingerprint density at radius 2 is 1.62 bits per heavy atom. The smallest absolute Gasteiger partial charge is 0.335 e. The number of carbonyl (C=O) groups excluding carboxylic acids is 2. The first-order chi connectivity index (χ1) is 7.07. The van der Waals surface area contributed by atoms with Gasteiger partial charge in [-0.3, -0.25) is 14.2 Å². The summed E-state index contributed by atoms with van der Waals surface area (Å²) in [7, 11) is -4.80. The third kappa shape index (κ3) is 4.38. The van der Waals surface area contributed by atoms with Crippen molar-refractivity contribution in [2.75, 3.05) is 0 Å². The Labute approximate surface area is 92.5 Å². The third-order valence-corrected chi connectivity index (χ3v) is 2.80. The number of amides is 1. The molecule has 0 aliphatic rings. The van der Waals surface area contributed by atoms with Gasteiger partial charge in [0, 0.05) is 0 Å². The van der Waals surface area contributed by atoms with Crippen LogP contribution in [0.1, 0.15) is 13.8 Å². The first-order valence-corrected chi connectivity index (χ1v) is 6.16. The summed E-state index contributed by atoms with van der Waals surface area (Å²) in [5.41, 5.74) is 10.4. The Kier molecular flexibility index (Phi) is 5.24. The van der Waals surface area contributed by atoms with Crippen LogP contribution in [-0.2, 0) is 14.2 Å². The molecule has 94 valence electrons. The van der Waals surface area contributed by atoms with Gasteiger partial charge in [0.15, 0.2) is 11.6 Å². The lowest BCUT2D eigenvalue weighted by molar-refractivity contribution is -0.127. The molecule has 8 nitrogen and oxygen atoms in total. The quantitative estimate of drug-likeness (QED) is 0.350. The van der Waals surface area contributed by atoms with Gasteiger partial charge in [0.2, 0.25) is 5.91 Å². The Hall–Kier alpha value is -0.790. The van der Waals surface area contributed by atoms with Crippen molar-refractivity contribution < 1.29 is 23.9 Å². The minimum Gasteiger partial charge on any atom is -0.335 e. The van der Waals surface area contributed by atoms with Crippen LogP contribution in [0, 0.1) is 0 Å². The summed E-state index contributed by atoms with van der Waals surface area (Å²) < 4.78 is 11.0. The highest BCUT2D eigenvalue weighted by Crippen LogP contribution is 2.40. The van der Waals surface area contributed by atoms with Gasteiger partial charge < -0.3 is 26.6 Å². The van der Waals surface area contributed by atoms with Crippen LogP contribution in [0.2, 0.25) is 0 Å². The van der Waals surface area contributed by atoms with Crippen LogP contribution in [0.15, 0.2) is 0 Å². The summed E-state index contributed by atoms with van der Waals surface area (Å²) in [6.07, 6.45) is 0. The number of Topliss-reactive ketones (excluding diaryl/α,β-unsaturated/α-hetero) is 1. The van der Waals surface area contributed by atoms with Crippen LogP contribution in [0.5, 0.6) is 0 Å². The number of nitrogens with two attached hydrogens (primary N) is 2. The van der Waals surface area contributed by atoms with Crippen LogP contribution < -0.4 is 16.8 Å². The maximum atomic E-state index is 11.4. The van der Waals surface area contributed by atoms with Crippen molar-refractivity contribution >= 4 is 19.3 Å². The van der Waals surface area contributed by atoms with Gasteiger partial charge in [-0.25, -0.2) is 0 Å². The topological polar surface area (TPSA) is 156 Å². The van der Waals surface area contributed by atoms with Gasteiger partial charge in [0.25, 0.3) is 0 Å². The highest BCUT2D eigenvalue weighted by Gasteiger charge is 2.38. The second kappa shape index (κ2) is 5.51. The molecule has 0 aromatic heterocycles. The molecule has 7 N–H and O–H groups in total. The molecule has 0 rings (SSSR count). The van der Waals surface area contributed by atoms with Crippen molar-refractivity contribution in [3.8, 4) is 0 Å². The zero-order chi connectivity index (χ0) is 13.1. The maximum absolute atomic E-state index is 11.4. The predicted molar refractivity (Wildman–Crippen MR) is 56.3 cm³/mol. The summed E-state index contributed by atoms with van der Waals surface area (Å²) in [5.74, 6) is -3.71. The molecule has 0 heterocycles. The molecule has 0 bridgehead atoms. The molecular weight excluding hydrogens is 237 g/mol. The van der Waals surface area contributed by atoms with Gasteiger partial charge in [-0.05, 0) is 13.8 Å². The third-order valence-electron chi connectivity index (χ3n) is 1.75. The Morgan fingerprint density at radius 3 is 1.88 bits per heavy atom. The number of hydrogen-bond acceptors (Lipinski definition) is 5. The Bertz CT molecular complexity index is 324. The Morgan fingerprint density at radius 1 is 1.19 bits per heavy atom. The standard InChI is InChI=1S/C7H16N3O5P/c1-3(8)5(11)7(16(13,14)15)10-6(12)4(2)9/h3-4,7H,8-9H2,1-2H3,(H,10,12)(H2,13,14,15)/t3-,4-,7?/m0/s1. The lowest BCUT2D eigenvalue weighted by atomic mass is 10.2.